The van der Waals surface area contributed by atoms with Crippen LogP contribution in [0.2, 0.25) is 0 Å². The predicted octanol–water partition coefficient (Wildman–Crippen LogP) is 4.91. The fourth-order valence-electron chi connectivity index (χ4n) is 4.18. The minimum atomic E-state index is 0.441. The second-order valence-electron chi connectivity index (χ2n) is 8.25. The zero-order valence-corrected chi connectivity index (χ0v) is 18.0. The fraction of sp³-hybridized carbons (Fsp3) is 0.480. The third-order valence-corrected chi connectivity index (χ3v) is 5.91. The van der Waals surface area contributed by atoms with Crippen LogP contribution in [0, 0.1) is 17.2 Å². The standard InChI is InChI=1S/C25H33N3O/c1-4-5-14-28-15-13-25(21-9-11-23(12-10-21)27(2)3)22(18-28)19-29-24-8-6-7-20(16-24)17-26/h6-12,16,22,25H,4-5,13-15,18-19H2,1-3H3/t22-,25-/m0/s1. The third-order valence-electron chi connectivity index (χ3n) is 5.91. The highest BCUT2D eigenvalue weighted by Gasteiger charge is 2.30. The van der Waals surface area contributed by atoms with Gasteiger partial charge in [0.2, 0.25) is 0 Å². The first-order chi connectivity index (χ1) is 14.1. The molecule has 2 atom stereocenters. The lowest BCUT2D eigenvalue weighted by molar-refractivity contribution is 0.110. The molecule has 1 aliphatic heterocycles. The van der Waals surface area contributed by atoms with Gasteiger partial charge in [-0.3, -0.25) is 0 Å². The van der Waals surface area contributed by atoms with Gasteiger partial charge in [-0.1, -0.05) is 31.5 Å². The second kappa shape index (κ2) is 10.3. The van der Waals surface area contributed by atoms with Gasteiger partial charge in [0.25, 0.3) is 0 Å². The van der Waals surface area contributed by atoms with Gasteiger partial charge in [0.1, 0.15) is 5.75 Å². The summed E-state index contributed by atoms with van der Waals surface area (Å²) < 4.78 is 6.17. The van der Waals surface area contributed by atoms with Crippen LogP contribution in [0.1, 0.15) is 43.2 Å². The van der Waals surface area contributed by atoms with Gasteiger partial charge >= 0.3 is 0 Å². The molecule has 2 aromatic rings. The number of hydrogen-bond acceptors (Lipinski definition) is 4. The van der Waals surface area contributed by atoms with Crippen molar-refractivity contribution in [3.63, 3.8) is 0 Å². The number of unbranched alkanes of at least 4 members (excludes halogenated alkanes) is 1. The number of nitriles is 1. The summed E-state index contributed by atoms with van der Waals surface area (Å²) in [4.78, 5) is 4.73. The van der Waals surface area contributed by atoms with Crippen LogP contribution in [0.4, 0.5) is 5.69 Å². The van der Waals surface area contributed by atoms with Crippen LogP contribution >= 0.6 is 0 Å². The first kappa shape index (κ1) is 21.2. The molecule has 3 rings (SSSR count). The van der Waals surface area contributed by atoms with Gasteiger partial charge in [-0.2, -0.15) is 5.26 Å². The van der Waals surface area contributed by atoms with E-state index in [1.54, 1.807) is 0 Å². The van der Waals surface area contributed by atoms with E-state index in [1.807, 2.05) is 24.3 Å². The van der Waals surface area contributed by atoms with E-state index in [9.17, 15) is 0 Å². The molecule has 1 saturated heterocycles. The van der Waals surface area contributed by atoms with E-state index < -0.39 is 0 Å². The summed E-state index contributed by atoms with van der Waals surface area (Å²) in [6.45, 7) is 6.32. The van der Waals surface area contributed by atoms with Crippen LogP contribution in [-0.2, 0) is 0 Å². The quantitative estimate of drug-likeness (QED) is 0.641. The molecule has 0 saturated carbocycles. The highest BCUT2D eigenvalue weighted by Crippen LogP contribution is 2.34. The number of ether oxygens (including phenoxy) is 1. The minimum Gasteiger partial charge on any atom is -0.493 e. The van der Waals surface area contributed by atoms with Gasteiger partial charge in [0.05, 0.1) is 18.2 Å². The first-order valence-corrected chi connectivity index (χ1v) is 10.7. The van der Waals surface area contributed by atoms with Gasteiger partial charge in [0, 0.05) is 32.2 Å². The summed E-state index contributed by atoms with van der Waals surface area (Å²) >= 11 is 0. The predicted molar refractivity (Wildman–Crippen MR) is 120 cm³/mol. The van der Waals surface area contributed by atoms with E-state index in [1.165, 1.54) is 30.6 Å². The fourth-order valence-corrected chi connectivity index (χ4v) is 4.18. The molecule has 1 aliphatic rings. The van der Waals surface area contributed by atoms with Crippen molar-refractivity contribution < 1.29 is 4.74 Å². The molecule has 29 heavy (non-hydrogen) atoms. The molecule has 0 radical (unpaired) electrons. The van der Waals surface area contributed by atoms with Crippen LogP contribution < -0.4 is 9.64 Å². The summed E-state index contributed by atoms with van der Waals surface area (Å²) in [5.74, 6) is 1.73. The molecule has 0 bridgehead atoms. The Morgan fingerprint density at radius 1 is 1.17 bits per heavy atom. The number of likely N-dealkylation sites (tertiary alicyclic amines) is 1. The van der Waals surface area contributed by atoms with Crippen molar-refractivity contribution in [1.29, 1.82) is 5.26 Å². The summed E-state index contributed by atoms with van der Waals surface area (Å²) in [5.41, 5.74) is 3.28. The van der Waals surface area contributed by atoms with E-state index in [2.05, 4.69) is 61.2 Å². The zero-order chi connectivity index (χ0) is 20.6. The molecule has 0 spiro atoms. The van der Waals surface area contributed by atoms with E-state index >= 15 is 0 Å². The number of hydrogen-bond donors (Lipinski definition) is 0. The van der Waals surface area contributed by atoms with Crippen LogP contribution in [0.5, 0.6) is 5.75 Å². The van der Waals surface area contributed by atoms with Crippen molar-refractivity contribution in [3.05, 3.63) is 59.7 Å². The van der Waals surface area contributed by atoms with Crippen molar-refractivity contribution in [2.24, 2.45) is 5.92 Å². The maximum atomic E-state index is 9.13. The van der Waals surface area contributed by atoms with Crippen LogP contribution in [-0.4, -0.2) is 45.2 Å². The molecular weight excluding hydrogens is 358 g/mol. The Morgan fingerprint density at radius 3 is 2.66 bits per heavy atom. The first-order valence-electron chi connectivity index (χ1n) is 10.7. The average molecular weight is 392 g/mol. The SMILES string of the molecule is CCCCN1CC[C@@H](c2ccc(N(C)C)cc2)[C@H](COc2cccc(C#N)c2)C1. The van der Waals surface area contributed by atoms with Gasteiger partial charge in [-0.15, -0.1) is 0 Å². The Labute approximate surface area is 175 Å². The topological polar surface area (TPSA) is 39.5 Å². The second-order valence-corrected chi connectivity index (χ2v) is 8.25. The van der Waals surface area contributed by atoms with Gasteiger partial charge < -0.3 is 14.5 Å². The van der Waals surface area contributed by atoms with E-state index in [0.29, 0.717) is 24.0 Å². The Hall–Kier alpha value is -2.51. The number of nitrogens with zero attached hydrogens (tertiary/aromatic N) is 3. The van der Waals surface area contributed by atoms with Crippen molar-refractivity contribution in [2.45, 2.75) is 32.1 Å². The van der Waals surface area contributed by atoms with Crippen molar-refractivity contribution in [2.75, 3.05) is 45.2 Å². The van der Waals surface area contributed by atoms with Crippen molar-refractivity contribution in [1.82, 2.24) is 4.90 Å². The highest BCUT2D eigenvalue weighted by atomic mass is 16.5. The monoisotopic (exact) mass is 391 g/mol. The molecule has 1 fully saturated rings. The maximum Gasteiger partial charge on any atom is 0.120 e. The minimum absolute atomic E-state index is 0.441. The number of piperidine rings is 1. The number of anilines is 1. The Bertz CT molecular complexity index is 810. The smallest absolute Gasteiger partial charge is 0.120 e. The van der Waals surface area contributed by atoms with Crippen LogP contribution in [0.3, 0.4) is 0 Å². The van der Waals surface area contributed by atoms with Crippen molar-refractivity contribution >= 4 is 5.69 Å². The molecule has 4 nitrogen and oxygen atoms in total. The molecule has 2 aromatic carbocycles. The van der Waals surface area contributed by atoms with E-state index in [0.717, 1.165) is 25.3 Å². The van der Waals surface area contributed by atoms with Gasteiger partial charge in [-0.05, 0) is 67.7 Å². The molecule has 0 N–H and O–H groups in total. The highest BCUT2D eigenvalue weighted by molar-refractivity contribution is 5.46. The van der Waals surface area contributed by atoms with Gasteiger partial charge in [-0.25, -0.2) is 0 Å². The molecule has 0 unspecified atom stereocenters. The lowest BCUT2D eigenvalue weighted by atomic mass is 9.80. The molecule has 1 heterocycles. The average Bonchev–Trinajstić information content (AvgIpc) is 2.76. The number of rotatable bonds is 8. The van der Waals surface area contributed by atoms with Crippen molar-refractivity contribution in [3.8, 4) is 11.8 Å². The Kier molecular flexibility index (Phi) is 7.55. The molecule has 0 amide bonds. The largest absolute Gasteiger partial charge is 0.493 e. The normalized spacial score (nSPS) is 19.5. The molecule has 4 heteroatoms. The molecule has 0 aliphatic carbocycles. The Morgan fingerprint density at radius 2 is 1.97 bits per heavy atom. The molecular formula is C25H33N3O. The lowest BCUT2D eigenvalue weighted by Gasteiger charge is -2.39. The Balaban J connectivity index is 1.73. The summed E-state index contributed by atoms with van der Waals surface area (Å²) in [6.07, 6.45) is 3.64. The summed E-state index contributed by atoms with van der Waals surface area (Å²) in [5, 5.41) is 9.13. The third kappa shape index (κ3) is 5.74. The number of benzene rings is 2. The van der Waals surface area contributed by atoms with E-state index in [4.69, 9.17) is 10.00 Å². The molecule has 154 valence electrons. The maximum absolute atomic E-state index is 9.13. The van der Waals surface area contributed by atoms with Crippen LogP contribution in [0.25, 0.3) is 0 Å². The lowest BCUT2D eigenvalue weighted by Crippen LogP contribution is -2.42. The summed E-state index contributed by atoms with van der Waals surface area (Å²) in [6, 6.07) is 18.7. The van der Waals surface area contributed by atoms with Crippen LogP contribution in [0.15, 0.2) is 48.5 Å². The molecule has 0 aromatic heterocycles. The zero-order valence-electron chi connectivity index (χ0n) is 18.0. The van der Waals surface area contributed by atoms with E-state index in [-0.39, 0.29) is 0 Å². The summed E-state index contributed by atoms with van der Waals surface area (Å²) in [7, 11) is 4.15. The van der Waals surface area contributed by atoms with Gasteiger partial charge in [0.15, 0.2) is 0 Å².